The summed E-state index contributed by atoms with van der Waals surface area (Å²) in [5, 5.41) is 5.43. The molecule has 7 nitrogen and oxygen atoms in total. The number of carbonyl (C=O) groups is 2. The molecular formula is C23H29N3O4. The minimum Gasteiger partial charge on any atom is -0.493 e. The van der Waals surface area contributed by atoms with E-state index in [-0.39, 0.29) is 18.4 Å². The fraction of sp³-hybridized carbons (Fsp3) is 0.391. The van der Waals surface area contributed by atoms with Gasteiger partial charge in [0, 0.05) is 30.0 Å². The highest BCUT2D eigenvalue weighted by Crippen LogP contribution is 2.27. The van der Waals surface area contributed by atoms with Crippen molar-refractivity contribution in [3.8, 4) is 11.5 Å². The van der Waals surface area contributed by atoms with Crippen LogP contribution in [0.25, 0.3) is 0 Å². The number of piperidine rings is 1. The molecule has 0 saturated carbocycles. The highest BCUT2D eigenvalue weighted by atomic mass is 16.5. The molecule has 0 radical (unpaired) electrons. The molecule has 2 amide bonds. The Hall–Kier alpha value is -3.22. The molecule has 1 fully saturated rings. The van der Waals surface area contributed by atoms with E-state index in [0.717, 1.165) is 19.0 Å². The number of methoxy groups -OCH3 is 2. The second kappa shape index (κ2) is 10.0. The molecule has 3 rings (SSSR count). The molecule has 0 spiro atoms. The molecule has 1 heterocycles. The number of hydrogen-bond acceptors (Lipinski definition) is 5. The summed E-state index contributed by atoms with van der Waals surface area (Å²) in [4.78, 5) is 26.9. The van der Waals surface area contributed by atoms with Crippen LogP contribution in [0, 0.1) is 5.92 Å². The maximum atomic E-state index is 12.3. The van der Waals surface area contributed by atoms with E-state index in [1.165, 1.54) is 32.7 Å². The van der Waals surface area contributed by atoms with Crippen molar-refractivity contribution in [3.05, 3.63) is 48.0 Å². The first-order valence-electron chi connectivity index (χ1n) is 10.1. The zero-order valence-electron chi connectivity index (χ0n) is 17.7. The van der Waals surface area contributed by atoms with Gasteiger partial charge in [0.2, 0.25) is 5.91 Å². The Bertz CT molecular complexity index is 875. The second-order valence-corrected chi connectivity index (χ2v) is 7.52. The Morgan fingerprint density at radius 3 is 2.30 bits per heavy atom. The summed E-state index contributed by atoms with van der Waals surface area (Å²) < 4.78 is 10.4. The predicted molar refractivity (Wildman–Crippen MR) is 118 cm³/mol. The third kappa shape index (κ3) is 5.43. The Kier molecular flexibility index (Phi) is 7.17. The summed E-state index contributed by atoms with van der Waals surface area (Å²) in [6, 6.07) is 12.7. The highest BCUT2D eigenvalue weighted by Gasteiger charge is 2.16. The topological polar surface area (TPSA) is 79.9 Å². The van der Waals surface area contributed by atoms with Crippen molar-refractivity contribution in [2.45, 2.75) is 19.8 Å². The van der Waals surface area contributed by atoms with Gasteiger partial charge < -0.3 is 25.0 Å². The van der Waals surface area contributed by atoms with Crippen molar-refractivity contribution >= 4 is 23.2 Å². The molecule has 1 aliphatic rings. The first-order chi connectivity index (χ1) is 14.5. The molecule has 2 aromatic carbocycles. The van der Waals surface area contributed by atoms with E-state index in [4.69, 9.17) is 9.47 Å². The predicted octanol–water partition coefficient (Wildman–Crippen LogP) is 3.31. The van der Waals surface area contributed by atoms with E-state index in [2.05, 4.69) is 22.5 Å². The van der Waals surface area contributed by atoms with Gasteiger partial charge in [-0.15, -0.1) is 0 Å². The summed E-state index contributed by atoms with van der Waals surface area (Å²) in [5.74, 6) is 1.13. The van der Waals surface area contributed by atoms with Crippen LogP contribution in [0.2, 0.25) is 0 Å². The Morgan fingerprint density at radius 2 is 1.67 bits per heavy atom. The van der Waals surface area contributed by atoms with E-state index in [9.17, 15) is 9.59 Å². The Morgan fingerprint density at radius 1 is 1.00 bits per heavy atom. The molecule has 1 saturated heterocycles. The maximum Gasteiger partial charge on any atom is 0.251 e. The first-order valence-corrected chi connectivity index (χ1v) is 10.1. The zero-order chi connectivity index (χ0) is 21.5. The summed E-state index contributed by atoms with van der Waals surface area (Å²) in [7, 11) is 3.03. The van der Waals surface area contributed by atoms with E-state index in [1.807, 2.05) is 24.3 Å². The number of rotatable bonds is 7. The van der Waals surface area contributed by atoms with Crippen LogP contribution < -0.4 is 25.0 Å². The van der Waals surface area contributed by atoms with Gasteiger partial charge in [0.05, 0.1) is 20.8 Å². The number of amides is 2. The van der Waals surface area contributed by atoms with Crippen LogP contribution in [0.3, 0.4) is 0 Å². The third-order valence-corrected chi connectivity index (χ3v) is 5.36. The molecule has 0 bridgehead atoms. The van der Waals surface area contributed by atoms with Gasteiger partial charge in [-0.3, -0.25) is 9.59 Å². The molecule has 0 aromatic heterocycles. The van der Waals surface area contributed by atoms with Crippen LogP contribution in [0.1, 0.15) is 30.1 Å². The summed E-state index contributed by atoms with van der Waals surface area (Å²) in [6.07, 6.45) is 2.41. The number of carbonyl (C=O) groups excluding carboxylic acids is 2. The van der Waals surface area contributed by atoms with Gasteiger partial charge in [-0.05, 0) is 61.2 Å². The van der Waals surface area contributed by atoms with Crippen molar-refractivity contribution in [2.75, 3.05) is 44.1 Å². The number of hydrogen-bond donors (Lipinski definition) is 2. The van der Waals surface area contributed by atoms with Gasteiger partial charge in [-0.2, -0.15) is 0 Å². The van der Waals surface area contributed by atoms with Crippen molar-refractivity contribution in [1.82, 2.24) is 5.32 Å². The van der Waals surface area contributed by atoms with Gasteiger partial charge in [-0.1, -0.05) is 6.92 Å². The number of benzene rings is 2. The maximum absolute atomic E-state index is 12.3. The van der Waals surface area contributed by atoms with Gasteiger partial charge in [0.1, 0.15) is 0 Å². The first kappa shape index (κ1) is 21.5. The number of ether oxygens (including phenoxy) is 2. The standard InChI is InChI=1S/C23H29N3O4/c1-16-10-12-26(13-11-16)19-7-5-18(6-8-19)25-22(27)15-24-23(28)17-4-9-20(29-2)21(14-17)30-3/h4-9,14,16H,10-13,15H2,1-3H3,(H,24,28)(H,25,27). The van der Waals surface area contributed by atoms with Gasteiger partial charge >= 0.3 is 0 Å². The van der Waals surface area contributed by atoms with E-state index >= 15 is 0 Å². The fourth-order valence-corrected chi connectivity index (χ4v) is 3.47. The zero-order valence-corrected chi connectivity index (χ0v) is 17.7. The lowest BCUT2D eigenvalue weighted by atomic mass is 9.99. The molecule has 1 aliphatic heterocycles. The monoisotopic (exact) mass is 411 g/mol. The van der Waals surface area contributed by atoms with Crippen LogP contribution in [0.5, 0.6) is 11.5 Å². The lowest BCUT2D eigenvalue weighted by molar-refractivity contribution is -0.115. The fourth-order valence-electron chi connectivity index (χ4n) is 3.47. The normalized spacial score (nSPS) is 14.2. The minimum absolute atomic E-state index is 0.126. The molecule has 2 N–H and O–H groups in total. The summed E-state index contributed by atoms with van der Waals surface area (Å²) in [6.45, 7) is 4.29. The van der Waals surface area contributed by atoms with E-state index in [0.29, 0.717) is 22.7 Å². The van der Waals surface area contributed by atoms with Crippen LogP contribution in [-0.4, -0.2) is 45.7 Å². The van der Waals surface area contributed by atoms with Crippen molar-refractivity contribution < 1.29 is 19.1 Å². The molecular weight excluding hydrogens is 382 g/mol. The van der Waals surface area contributed by atoms with E-state index in [1.54, 1.807) is 18.2 Å². The summed E-state index contributed by atoms with van der Waals surface area (Å²) >= 11 is 0. The Balaban J connectivity index is 1.50. The number of nitrogens with zero attached hydrogens (tertiary/aromatic N) is 1. The van der Waals surface area contributed by atoms with Crippen LogP contribution in [0.4, 0.5) is 11.4 Å². The molecule has 0 aliphatic carbocycles. The third-order valence-electron chi connectivity index (χ3n) is 5.36. The van der Waals surface area contributed by atoms with Crippen molar-refractivity contribution in [3.63, 3.8) is 0 Å². The van der Waals surface area contributed by atoms with Crippen LogP contribution in [-0.2, 0) is 4.79 Å². The smallest absolute Gasteiger partial charge is 0.251 e. The largest absolute Gasteiger partial charge is 0.493 e. The van der Waals surface area contributed by atoms with Crippen molar-refractivity contribution in [1.29, 1.82) is 0 Å². The molecule has 0 unspecified atom stereocenters. The number of nitrogens with one attached hydrogen (secondary N) is 2. The molecule has 2 aromatic rings. The van der Waals surface area contributed by atoms with Gasteiger partial charge in [0.15, 0.2) is 11.5 Å². The van der Waals surface area contributed by atoms with E-state index < -0.39 is 0 Å². The molecule has 160 valence electrons. The molecule has 30 heavy (non-hydrogen) atoms. The number of anilines is 2. The van der Waals surface area contributed by atoms with Crippen LogP contribution >= 0.6 is 0 Å². The molecule has 7 heteroatoms. The van der Waals surface area contributed by atoms with Gasteiger partial charge in [-0.25, -0.2) is 0 Å². The van der Waals surface area contributed by atoms with Crippen molar-refractivity contribution in [2.24, 2.45) is 5.92 Å². The average Bonchev–Trinajstić information content (AvgIpc) is 2.78. The lowest BCUT2D eigenvalue weighted by Crippen LogP contribution is -2.33. The lowest BCUT2D eigenvalue weighted by Gasteiger charge is -2.32. The molecule has 0 atom stereocenters. The Labute approximate surface area is 177 Å². The SMILES string of the molecule is COc1ccc(C(=O)NCC(=O)Nc2ccc(N3CCC(C)CC3)cc2)cc1OC. The minimum atomic E-state index is -0.360. The van der Waals surface area contributed by atoms with Gasteiger partial charge in [0.25, 0.3) is 5.91 Å². The second-order valence-electron chi connectivity index (χ2n) is 7.52. The average molecular weight is 412 g/mol. The highest BCUT2D eigenvalue weighted by molar-refractivity contribution is 5.99. The summed E-state index contributed by atoms with van der Waals surface area (Å²) in [5.41, 5.74) is 2.26. The quantitative estimate of drug-likeness (QED) is 0.731. The van der Waals surface area contributed by atoms with Crippen LogP contribution in [0.15, 0.2) is 42.5 Å².